The van der Waals surface area contributed by atoms with Crippen LogP contribution >= 0.6 is 0 Å². The molecule has 0 radical (unpaired) electrons. The second-order valence-electron chi connectivity index (χ2n) is 3.37. The van der Waals surface area contributed by atoms with E-state index in [0.717, 1.165) is 0 Å². The standard InChI is InChI=1S/C12H10F2N2/c13-8-4-3-5-9(14)11(8)12(15)10-6-1-2-7-16-10/h1-7,12H,15H2. The molecule has 1 aromatic carbocycles. The Bertz CT molecular complexity index is 465. The summed E-state index contributed by atoms with van der Waals surface area (Å²) in [5, 5.41) is 0. The number of rotatable bonds is 2. The van der Waals surface area contributed by atoms with Crippen molar-refractivity contribution in [3.63, 3.8) is 0 Å². The van der Waals surface area contributed by atoms with Gasteiger partial charge < -0.3 is 5.73 Å². The lowest BCUT2D eigenvalue weighted by Gasteiger charge is -2.12. The van der Waals surface area contributed by atoms with E-state index in [4.69, 9.17) is 5.73 Å². The van der Waals surface area contributed by atoms with Gasteiger partial charge in [0, 0.05) is 11.8 Å². The molecule has 0 bridgehead atoms. The van der Waals surface area contributed by atoms with E-state index in [2.05, 4.69) is 4.98 Å². The average Bonchev–Trinajstić information content (AvgIpc) is 2.30. The minimum atomic E-state index is -0.887. The zero-order chi connectivity index (χ0) is 11.5. The van der Waals surface area contributed by atoms with Crippen molar-refractivity contribution >= 4 is 0 Å². The first kappa shape index (κ1) is 10.7. The molecule has 0 fully saturated rings. The van der Waals surface area contributed by atoms with Crippen LogP contribution in [0, 0.1) is 11.6 Å². The Morgan fingerprint density at radius 2 is 1.69 bits per heavy atom. The monoisotopic (exact) mass is 220 g/mol. The Labute approximate surface area is 91.7 Å². The predicted octanol–water partition coefficient (Wildman–Crippen LogP) is 2.41. The van der Waals surface area contributed by atoms with Gasteiger partial charge in [0.2, 0.25) is 0 Å². The normalized spacial score (nSPS) is 12.4. The second-order valence-corrected chi connectivity index (χ2v) is 3.37. The van der Waals surface area contributed by atoms with Crippen molar-refractivity contribution in [2.75, 3.05) is 0 Å². The van der Waals surface area contributed by atoms with Crippen molar-refractivity contribution in [3.8, 4) is 0 Å². The fourth-order valence-electron chi connectivity index (χ4n) is 1.52. The summed E-state index contributed by atoms with van der Waals surface area (Å²) < 4.78 is 26.9. The minimum absolute atomic E-state index is 0.152. The number of nitrogens with zero attached hydrogens (tertiary/aromatic N) is 1. The number of aromatic nitrogens is 1. The third-order valence-corrected chi connectivity index (χ3v) is 2.32. The molecule has 1 unspecified atom stereocenters. The van der Waals surface area contributed by atoms with E-state index >= 15 is 0 Å². The summed E-state index contributed by atoms with van der Waals surface area (Å²) in [5.41, 5.74) is 6.06. The molecule has 0 saturated heterocycles. The highest BCUT2D eigenvalue weighted by Gasteiger charge is 2.18. The van der Waals surface area contributed by atoms with E-state index in [-0.39, 0.29) is 5.56 Å². The van der Waals surface area contributed by atoms with Gasteiger partial charge in [-0.1, -0.05) is 12.1 Å². The molecule has 0 amide bonds. The highest BCUT2D eigenvalue weighted by atomic mass is 19.1. The van der Waals surface area contributed by atoms with Crippen LogP contribution in [0.2, 0.25) is 0 Å². The molecule has 2 rings (SSSR count). The maximum Gasteiger partial charge on any atom is 0.131 e. The van der Waals surface area contributed by atoms with Crippen LogP contribution in [-0.4, -0.2) is 4.98 Å². The van der Waals surface area contributed by atoms with E-state index < -0.39 is 17.7 Å². The largest absolute Gasteiger partial charge is 0.319 e. The summed E-state index contributed by atoms with van der Waals surface area (Å²) in [4.78, 5) is 3.98. The van der Waals surface area contributed by atoms with Gasteiger partial charge in [0.05, 0.1) is 11.7 Å². The molecule has 1 aromatic heterocycles. The predicted molar refractivity (Wildman–Crippen MR) is 56.6 cm³/mol. The van der Waals surface area contributed by atoms with Crippen molar-refractivity contribution in [2.24, 2.45) is 5.73 Å². The molecule has 2 nitrogen and oxygen atoms in total. The van der Waals surface area contributed by atoms with Crippen LogP contribution < -0.4 is 5.73 Å². The van der Waals surface area contributed by atoms with Crippen LogP contribution in [0.3, 0.4) is 0 Å². The van der Waals surface area contributed by atoms with Crippen molar-refractivity contribution < 1.29 is 8.78 Å². The first-order chi connectivity index (χ1) is 7.70. The Morgan fingerprint density at radius 3 is 2.25 bits per heavy atom. The fraction of sp³-hybridized carbons (Fsp3) is 0.0833. The van der Waals surface area contributed by atoms with Gasteiger partial charge in [-0.3, -0.25) is 4.98 Å². The summed E-state index contributed by atoms with van der Waals surface area (Å²) in [5.74, 6) is -1.31. The van der Waals surface area contributed by atoms with Gasteiger partial charge in [0.25, 0.3) is 0 Å². The van der Waals surface area contributed by atoms with E-state index in [1.807, 2.05) is 0 Å². The van der Waals surface area contributed by atoms with Gasteiger partial charge in [0.1, 0.15) is 11.6 Å². The molecular weight excluding hydrogens is 210 g/mol. The summed E-state index contributed by atoms with van der Waals surface area (Å²) >= 11 is 0. The topological polar surface area (TPSA) is 38.9 Å². The maximum atomic E-state index is 13.4. The number of halogens is 2. The van der Waals surface area contributed by atoms with Crippen LogP contribution in [-0.2, 0) is 0 Å². The highest BCUT2D eigenvalue weighted by molar-refractivity contribution is 5.29. The molecular formula is C12H10F2N2. The zero-order valence-corrected chi connectivity index (χ0v) is 8.40. The van der Waals surface area contributed by atoms with Crippen molar-refractivity contribution in [1.82, 2.24) is 4.98 Å². The summed E-state index contributed by atoms with van der Waals surface area (Å²) in [6.07, 6.45) is 1.54. The van der Waals surface area contributed by atoms with Gasteiger partial charge in [-0.05, 0) is 24.3 Å². The van der Waals surface area contributed by atoms with Crippen molar-refractivity contribution in [1.29, 1.82) is 0 Å². The first-order valence-electron chi connectivity index (χ1n) is 4.80. The summed E-state index contributed by atoms with van der Waals surface area (Å²) in [7, 11) is 0. The number of hydrogen-bond acceptors (Lipinski definition) is 2. The van der Waals surface area contributed by atoms with Gasteiger partial charge >= 0.3 is 0 Å². The molecule has 1 heterocycles. The van der Waals surface area contributed by atoms with Crippen LogP contribution in [0.25, 0.3) is 0 Å². The molecule has 0 aliphatic carbocycles. The third kappa shape index (κ3) is 1.92. The van der Waals surface area contributed by atoms with Crippen LogP contribution in [0.1, 0.15) is 17.3 Å². The molecule has 2 aromatic rings. The molecule has 0 saturated carbocycles. The van der Waals surface area contributed by atoms with E-state index in [1.165, 1.54) is 24.4 Å². The lowest BCUT2D eigenvalue weighted by molar-refractivity contribution is 0.541. The second kappa shape index (κ2) is 4.37. The molecule has 0 aliphatic heterocycles. The van der Waals surface area contributed by atoms with E-state index in [0.29, 0.717) is 5.69 Å². The van der Waals surface area contributed by atoms with Gasteiger partial charge in [-0.2, -0.15) is 0 Å². The Balaban J connectivity index is 2.46. The molecule has 4 heteroatoms. The minimum Gasteiger partial charge on any atom is -0.319 e. The maximum absolute atomic E-state index is 13.4. The zero-order valence-electron chi connectivity index (χ0n) is 8.40. The van der Waals surface area contributed by atoms with Gasteiger partial charge in [0.15, 0.2) is 0 Å². The molecule has 0 aliphatic rings. The number of pyridine rings is 1. The average molecular weight is 220 g/mol. The summed E-state index contributed by atoms with van der Waals surface area (Å²) in [6, 6.07) is 7.86. The van der Waals surface area contributed by atoms with E-state index in [1.54, 1.807) is 18.2 Å². The Morgan fingerprint density at radius 1 is 1.00 bits per heavy atom. The molecule has 16 heavy (non-hydrogen) atoms. The van der Waals surface area contributed by atoms with Crippen LogP contribution in [0.4, 0.5) is 8.78 Å². The van der Waals surface area contributed by atoms with Gasteiger partial charge in [-0.15, -0.1) is 0 Å². The Kier molecular flexibility index (Phi) is 2.92. The summed E-state index contributed by atoms with van der Waals surface area (Å²) in [6.45, 7) is 0. The lowest BCUT2D eigenvalue weighted by Crippen LogP contribution is -2.16. The van der Waals surface area contributed by atoms with Crippen LogP contribution in [0.15, 0.2) is 42.6 Å². The quantitative estimate of drug-likeness (QED) is 0.844. The molecule has 82 valence electrons. The molecule has 2 N–H and O–H groups in total. The molecule has 1 atom stereocenters. The first-order valence-corrected chi connectivity index (χ1v) is 4.80. The van der Waals surface area contributed by atoms with Crippen molar-refractivity contribution in [3.05, 3.63) is 65.5 Å². The van der Waals surface area contributed by atoms with Crippen molar-refractivity contribution in [2.45, 2.75) is 6.04 Å². The van der Waals surface area contributed by atoms with E-state index in [9.17, 15) is 8.78 Å². The number of benzene rings is 1. The smallest absolute Gasteiger partial charge is 0.131 e. The fourth-order valence-corrected chi connectivity index (χ4v) is 1.52. The van der Waals surface area contributed by atoms with Crippen LogP contribution in [0.5, 0.6) is 0 Å². The third-order valence-electron chi connectivity index (χ3n) is 2.32. The number of nitrogens with two attached hydrogens (primary N) is 1. The van der Waals surface area contributed by atoms with Gasteiger partial charge in [-0.25, -0.2) is 8.78 Å². The number of hydrogen-bond donors (Lipinski definition) is 1. The Hall–Kier alpha value is -1.81. The highest BCUT2D eigenvalue weighted by Crippen LogP contribution is 2.23. The molecule has 0 spiro atoms. The lowest BCUT2D eigenvalue weighted by atomic mass is 10.0. The SMILES string of the molecule is NC(c1ccccn1)c1c(F)cccc1F.